The molecule has 0 aliphatic rings. The second-order valence-electron chi connectivity index (χ2n) is 5.27. The van der Waals surface area contributed by atoms with E-state index in [0.29, 0.717) is 22.9 Å². The van der Waals surface area contributed by atoms with Crippen LogP contribution in [0, 0.1) is 18.3 Å². The van der Waals surface area contributed by atoms with Crippen molar-refractivity contribution in [1.82, 2.24) is 9.97 Å². The topological polar surface area (TPSA) is 88.0 Å². The molecule has 1 N–H and O–H groups in total. The molecular formula is C18H15N3O3S. The maximum absolute atomic E-state index is 11.7. The van der Waals surface area contributed by atoms with E-state index in [2.05, 4.69) is 9.97 Å². The highest BCUT2D eigenvalue weighted by molar-refractivity contribution is 7.13. The fraction of sp³-hybridized carbons (Fsp3) is 0.167. The number of thiazole rings is 1. The van der Waals surface area contributed by atoms with Crippen molar-refractivity contribution in [2.75, 3.05) is 14.2 Å². The lowest BCUT2D eigenvalue weighted by molar-refractivity contribution is 0.395. The number of H-pyrrole nitrogens is 1. The van der Waals surface area contributed by atoms with Crippen molar-refractivity contribution in [2.45, 2.75) is 6.92 Å². The summed E-state index contributed by atoms with van der Waals surface area (Å²) in [5.41, 5.74) is 2.62. The summed E-state index contributed by atoms with van der Waals surface area (Å²) in [5.74, 6) is 1.36. The number of hydrogen-bond acceptors (Lipinski definition) is 6. The van der Waals surface area contributed by atoms with Gasteiger partial charge in [-0.25, -0.2) is 4.98 Å². The number of hydrogen-bond donors (Lipinski definition) is 1. The Morgan fingerprint density at radius 3 is 2.68 bits per heavy atom. The predicted octanol–water partition coefficient (Wildman–Crippen LogP) is 3.36. The Hall–Kier alpha value is -3.11. The smallest absolute Gasteiger partial charge is 0.266 e. The van der Waals surface area contributed by atoms with Crippen LogP contribution in [0.25, 0.3) is 21.8 Å². The van der Waals surface area contributed by atoms with E-state index in [1.54, 1.807) is 33.3 Å². The molecule has 0 saturated carbocycles. The number of nitrogens with one attached hydrogen (secondary N) is 1. The first-order valence-corrected chi connectivity index (χ1v) is 8.27. The van der Waals surface area contributed by atoms with Gasteiger partial charge in [-0.05, 0) is 25.1 Å². The Labute approximate surface area is 148 Å². The number of aryl methyl sites for hydroxylation is 1. The van der Waals surface area contributed by atoms with E-state index in [0.717, 1.165) is 16.1 Å². The van der Waals surface area contributed by atoms with Gasteiger partial charge in [-0.3, -0.25) is 4.79 Å². The molecule has 25 heavy (non-hydrogen) atoms. The van der Waals surface area contributed by atoms with Crippen molar-refractivity contribution in [1.29, 1.82) is 5.26 Å². The highest BCUT2D eigenvalue weighted by Gasteiger charge is 2.15. The first-order chi connectivity index (χ1) is 12.1. The number of aromatic amines is 1. The zero-order valence-corrected chi connectivity index (χ0v) is 14.7. The minimum atomic E-state index is -0.393. The zero-order valence-electron chi connectivity index (χ0n) is 13.9. The maximum atomic E-state index is 11.7. The van der Waals surface area contributed by atoms with Crippen molar-refractivity contribution in [3.8, 4) is 39.4 Å². The molecule has 1 aromatic carbocycles. The average Bonchev–Trinajstić information content (AvgIpc) is 3.10. The van der Waals surface area contributed by atoms with Gasteiger partial charge in [0.1, 0.15) is 28.1 Å². The van der Waals surface area contributed by atoms with E-state index in [9.17, 15) is 4.79 Å². The third-order valence-electron chi connectivity index (χ3n) is 3.78. The van der Waals surface area contributed by atoms with Gasteiger partial charge in [0.05, 0.1) is 25.5 Å². The van der Waals surface area contributed by atoms with Crippen LogP contribution < -0.4 is 15.0 Å². The number of nitrogens with zero attached hydrogens (tertiary/aromatic N) is 2. The van der Waals surface area contributed by atoms with Crippen molar-refractivity contribution in [2.24, 2.45) is 0 Å². The molecular weight excluding hydrogens is 338 g/mol. The highest BCUT2D eigenvalue weighted by atomic mass is 32.1. The number of nitriles is 1. The third kappa shape index (κ3) is 3.12. The van der Waals surface area contributed by atoms with Gasteiger partial charge in [-0.2, -0.15) is 5.26 Å². The van der Waals surface area contributed by atoms with E-state index in [1.807, 2.05) is 23.6 Å². The van der Waals surface area contributed by atoms with Gasteiger partial charge in [0.25, 0.3) is 5.56 Å². The molecule has 6 nitrogen and oxygen atoms in total. The van der Waals surface area contributed by atoms with E-state index in [4.69, 9.17) is 14.7 Å². The summed E-state index contributed by atoms with van der Waals surface area (Å²) in [4.78, 5) is 19.0. The summed E-state index contributed by atoms with van der Waals surface area (Å²) in [5, 5.41) is 11.7. The molecule has 0 aliphatic heterocycles. The van der Waals surface area contributed by atoms with Crippen LogP contribution in [0.5, 0.6) is 11.5 Å². The monoisotopic (exact) mass is 353 g/mol. The lowest BCUT2D eigenvalue weighted by atomic mass is 10.1. The van der Waals surface area contributed by atoms with Gasteiger partial charge in [0.15, 0.2) is 0 Å². The van der Waals surface area contributed by atoms with Crippen LogP contribution in [-0.4, -0.2) is 24.2 Å². The Kier molecular flexibility index (Phi) is 4.55. The van der Waals surface area contributed by atoms with Gasteiger partial charge < -0.3 is 14.5 Å². The summed E-state index contributed by atoms with van der Waals surface area (Å²) >= 11 is 1.46. The van der Waals surface area contributed by atoms with Crippen LogP contribution in [0.15, 0.2) is 34.4 Å². The van der Waals surface area contributed by atoms with E-state index in [1.165, 1.54) is 11.3 Å². The number of methoxy groups -OCH3 is 2. The van der Waals surface area contributed by atoms with Gasteiger partial charge in [0, 0.05) is 22.7 Å². The molecule has 0 aliphatic carbocycles. The SMILES string of the molecule is COc1ccc(-c2nc(-c3cc(C#N)c(=O)[nH]c3C)cs2)c(OC)c1. The van der Waals surface area contributed by atoms with E-state index in [-0.39, 0.29) is 5.56 Å². The number of pyridine rings is 1. The largest absolute Gasteiger partial charge is 0.497 e. The average molecular weight is 353 g/mol. The lowest BCUT2D eigenvalue weighted by Crippen LogP contribution is -2.11. The second-order valence-corrected chi connectivity index (χ2v) is 6.12. The molecule has 0 unspecified atom stereocenters. The zero-order chi connectivity index (χ0) is 18.0. The number of benzene rings is 1. The van der Waals surface area contributed by atoms with E-state index >= 15 is 0 Å². The minimum Gasteiger partial charge on any atom is -0.497 e. The van der Waals surface area contributed by atoms with Gasteiger partial charge in [-0.15, -0.1) is 11.3 Å². The van der Waals surface area contributed by atoms with Gasteiger partial charge in [-0.1, -0.05) is 0 Å². The number of aromatic nitrogens is 2. The highest BCUT2D eigenvalue weighted by Crippen LogP contribution is 2.37. The number of rotatable bonds is 4. The summed E-state index contributed by atoms with van der Waals surface area (Å²) < 4.78 is 10.6. The van der Waals surface area contributed by atoms with E-state index < -0.39 is 5.56 Å². The molecule has 7 heteroatoms. The Morgan fingerprint density at radius 2 is 2.00 bits per heavy atom. The summed E-state index contributed by atoms with van der Waals surface area (Å²) in [6, 6.07) is 9.00. The van der Waals surface area contributed by atoms with Crippen LogP contribution in [0.1, 0.15) is 11.3 Å². The molecule has 0 radical (unpaired) electrons. The Bertz CT molecular complexity index is 1030. The Balaban J connectivity index is 2.08. The van der Waals surface area contributed by atoms with Crippen molar-refractivity contribution >= 4 is 11.3 Å². The normalized spacial score (nSPS) is 10.3. The molecule has 3 aromatic rings. The quantitative estimate of drug-likeness (QED) is 0.777. The fourth-order valence-electron chi connectivity index (χ4n) is 2.47. The Morgan fingerprint density at radius 1 is 1.20 bits per heavy atom. The first-order valence-electron chi connectivity index (χ1n) is 7.39. The van der Waals surface area contributed by atoms with Crippen LogP contribution in [0.2, 0.25) is 0 Å². The fourth-order valence-corrected chi connectivity index (χ4v) is 3.32. The molecule has 0 amide bonds. The van der Waals surface area contributed by atoms with Crippen molar-refractivity contribution in [3.05, 3.63) is 51.3 Å². The summed E-state index contributed by atoms with van der Waals surface area (Å²) in [6.45, 7) is 1.78. The maximum Gasteiger partial charge on any atom is 0.266 e. The van der Waals surface area contributed by atoms with Crippen LogP contribution >= 0.6 is 11.3 Å². The molecule has 0 saturated heterocycles. The third-order valence-corrected chi connectivity index (χ3v) is 4.65. The molecule has 126 valence electrons. The second kappa shape index (κ2) is 6.79. The van der Waals surface area contributed by atoms with Crippen LogP contribution in [-0.2, 0) is 0 Å². The summed E-state index contributed by atoms with van der Waals surface area (Å²) in [7, 11) is 3.19. The molecule has 2 aromatic heterocycles. The number of ether oxygens (including phenoxy) is 2. The van der Waals surface area contributed by atoms with Gasteiger partial charge >= 0.3 is 0 Å². The summed E-state index contributed by atoms with van der Waals surface area (Å²) in [6.07, 6.45) is 0. The minimum absolute atomic E-state index is 0.0668. The van der Waals surface area contributed by atoms with Crippen LogP contribution in [0.3, 0.4) is 0 Å². The molecule has 0 spiro atoms. The molecule has 0 bridgehead atoms. The first kappa shape index (κ1) is 16.7. The van der Waals surface area contributed by atoms with Gasteiger partial charge in [0.2, 0.25) is 0 Å². The lowest BCUT2D eigenvalue weighted by Gasteiger charge is -2.08. The predicted molar refractivity (Wildman–Crippen MR) is 96.2 cm³/mol. The van der Waals surface area contributed by atoms with Crippen LogP contribution in [0.4, 0.5) is 0 Å². The van der Waals surface area contributed by atoms with Crippen molar-refractivity contribution < 1.29 is 9.47 Å². The molecule has 0 fully saturated rings. The molecule has 2 heterocycles. The van der Waals surface area contributed by atoms with Crippen molar-refractivity contribution in [3.63, 3.8) is 0 Å². The molecule has 0 atom stereocenters. The molecule has 3 rings (SSSR count). The standard InChI is InChI=1S/C18H15N3O3S/c1-10-14(6-11(8-19)17(22)20-10)15-9-25-18(21-15)13-5-4-12(23-2)7-16(13)24-3/h4-7,9H,1-3H3,(H,20,22).